The molecule has 0 saturated carbocycles. The fourth-order valence-corrected chi connectivity index (χ4v) is 3.14. The van der Waals surface area contributed by atoms with Crippen LogP contribution in [-0.4, -0.2) is 42.3 Å². The molecule has 29 heavy (non-hydrogen) atoms. The Labute approximate surface area is 170 Å². The van der Waals surface area contributed by atoms with Crippen molar-refractivity contribution < 1.29 is 14.4 Å². The zero-order valence-electron chi connectivity index (χ0n) is 16.5. The third-order valence-corrected chi connectivity index (χ3v) is 4.73. The van der Waals surface area contributed by atoms with Gasteiger partial charge in [-0.15, -0.1) is 0 Å². The average Bonchev–Trinajstić information content (AvgIpc) is 3.27. The number of nitrogens with zero attached hydrogens (tertiary/aromatic N) is 1. The molecule has 1 heterocycles. The molecule has 0 radical (unpaired) electrons. The van der Waals surface area contributed by atoms with Gasteiger partial charge in [0.15, 0.2) is 0 Å². The molecule has 0 aromatic heterocycles. The summed E-state index contributed by atoms with van der Waals surface area (Å²) < 4.78 is 0. The van der Waals surface area contributed by atoms with Crippen LogP contribution in [0.1, 0.15) is 36.5 Å². The number of rotatable bonds is 7. The lowest BCUT2D eigenvalue weighted by molar-refractivity contribution is -0.116. The van der Waals surface area contributed by atoms with Gasteiger partial charge in [0.2, 0.25) is 11.8 Å². The summed E-state index contributed by atoms with van der Waals surface area (Å²) in [4.78, 5) is 38.0. The van der Waals surface area contributed by atoms with E-state index in [0.29, 0.717) is 23.4 Å². The number of carbonyl (C=O) groups excluding carboxylic acids is 3. The number of anilines is 3. The van der Waals surface area contributed by atoms with Crippen molar-refractivity contribution >= 4 is 34.8 Å². The maximum Gasteiger partial charge on any atom is 0.253 e. The second-order valence-electron chi connectivity index (χ2n) is 6.96. The number of benzene rings is 2. The van der Waals surface area contributed by atoms with Gasteiger partial charge in [-0.05, 0) is 55.3 Å². The fourth-order valence-electron chi connectivity index (χ4n) is 3.14. The first kappa shape index (κ1) is 20.4. The Morgan fingerprint density at radius 3 is 2.21 bits per heavy atom. The van der Waals surface area contributed by atoms with Crippen molar-refractivity contribution in [2.24, 2.45) is 0 Å². The third-order valence-electron chi connectivity index (χ3n) is 4.73. The topological polar surface area (TPSA) is 90.5 Å². The summed E-state index contributed by atoms with van der Waals surface area (Å²) in [6, 6.07) is 14.2. The molecule has 152 valence electrons. The molecule has 1 saturated heterocycles. The summed E-state index contributed by atoms with van der Waals surface area (Å²) in [6.45, 7) is 3.47. The van der Waals surface area contributed by atoms with E-state index in [1.165, 1.54) is 0 Å². The lowest BCUT2D eigenvalue weighted by Crippen LogP contribution is -2.27. The van der Waals surface area contributed by atoms with Crippen LogP contribution in [0.25, 0.3) is 0 Å². The van der Waals surface area contributed by atoms with E-state index in [4.69, 9.17) is 0 Å². The Morgan fingerprint density at radius 2 is 1.52 bits per heavy atom. The van der Waals surface area contributed by atoms with E-state index in [1.54, 1.807) is 55.5 Å². The van der Waals surface area contributed by atoms with E-state index >= 15 is 0 Å². The molecule has 3 N–H and O–H groups in total. The number of nitrogens with one attached hydrogen (secondary N) is 3. The summed E-state index contributed by atoms with van der Waals surface area (Å²) in [5.41, 5.74) is 2.67. The molecule has 1 aliphatic heterocycles. The molecule has 3 rings (SSSR count). The highest BCUT2D eigenvalue weighted by Gasteiger charge is 2.19. The monoisotopic (exact) mass is 394 g/mol. The number of carbonyl (C=O) groups is 3. The van der Waals surface area contributed by atoms with Gasteiger partial charge in [-0.3, -0.25) is 14.4 Å². The zero-order valence-corrected chi connectivity index (χ0v) is 16.5. The van der Waals surface area contributed by atoms with Crippen LogP contribution in [0.5, 0.6) is 0 Å². The Hall–Kier alpha value is -3.35. The Kier molecular flexibility index (Phi) is 6.84. The fraction of sp³-hybridized carbons (Fsp3) is 0.318. The lowest BCUT2D eigenvalue weighted by atomic mass is 10.1. The maximum atomic E-state index is 12.5. The third kappa shape index (κ3) is 5.81. The SMILES string of the molecule is CCC(=O)Nc1ccc(NCC(=O)Nc2cccc(C(=O)N3CCCC3)c2)cc1. The Balaban J connectivity index is 1.51. The van der Waals surface area contributed by atoms with Gasteiger partial charge in [0.05, 0.1) is 6.54 Å². The number of likely N-dealkylation sites (tertiary alicyclic amines) is 1. The van der Waals surface area contributed by atoms with Crippen LogP contribution >= 0.6 is 0 Å². The molecule has 0 atom stereocenters. The summed E-state index contributed by atoms with van der Waals surface area (Å²) in [7, 11) is 0. The van der Waals surface area contributed by atoms with Crippen molar-refractivity contribution in [3.05, 3.63) is 54.1 Å². The average molecular weight is 394 g/mol. The molecule has 0 spiro atoms. The van der Waals surface area contributed by atoms with Crippen LogP contribution in [0.4, 0.5) is 17.1 Å². The summed E-state index contributed by atoms with van der Waals surface area (Å²) in [5, 5.41) is 8.63. The molecule has 2 aromatic rings. The van der Waals surface area contributed by atoms with Gasteiger partial charge in [0, 0.05) is 42.1 Å². The molecule has 0 unspecified atom stereocenters. The largest absolute Gasteiger partial charge is 0.376 e. The highest BCUT2D eigenvalue weighted by atomic mass is 16.2. The van der Waals surface area contributed by atoms with Crippen molar-refractivity contribution in [1.29, 1.82) is 0 Å². The van der Waals surface area contributed by atoms with Crippen molar-refractivity contribution in [2.45, 2.75) is 26.2 Å². The molecular formula is C22H26N4O3. The van der Waals surface area contributed by atoms with Crippen molar-refractivity contribution in [2.75, 3.05) is 35.6 Å². The van der Waals surface area contributed by atoms with E-state index in [2.05, 4.69) is 16.0 Å². The van der Waals surface area contributed by atoms with Crippen LogP contribution in [0.2, 0.25) is 0 Å². The van der Waals surface area contributed by atoms with E-state index in [1.807, 2.05) is 4.90 Å². The van der Waals surface area contributed by atoms with Gasteiger partial charge in [0.1, 0.15) is 0 Å². The first-order valence-corrected chi connectivity index (χ1v) is 9.88. The summed E-state index contributed by atoms with van der Waals surface area (Å²) >= 11 is 0. The van der Waals surface area contributed by atoms with Crippen LogP contribution < -0.4 is 16.0 Å². The molecule has 0 aliphatic carbocycles. The van der Waals surface area contributed by atoms with Crippen LogP contribution in [0.3, 0.4) is 0 Å². The minimum Gasteiger partial charge on any atom is -0.376 e. The Bertz CT molecular complexity index is 874. The summed E-state index contributed by atoms with van der Waals surface area (Å²) in [6.07, 6.45) is 2.50. The van der Waals surface area contributed by atoms with Crippen molar-refractivity contribution in [3.8, 4) is 0 Å². The minimum absolute atomic E-state index is 0.00646. The predicted octanol–water partition coefficient (Wildman–Crippen LogP) is 3.32. The van der Waals surface area contributed by atoms with Crippen molar-refractivity contribution in [3.63, 3.8) is 0 Å². The van der Waals surface area contributed by atoms with Gasteiger partial charge in [-0.1, -0.05) is 13.0 Å². The summed E-state index contributed by atoms with van der Waals surface area (Å²) in [5.74, 6) is -0.248. The number of amides is 3. The van der Waals surface area contributed by atoms with E-state index in [9.17, 15) is 14.4 Å². The normalized spacial score (nSPS) is 13.1. The highest BCUT2D eigenvalue weighted by Crippen LogP contribution is 2.17. The zero-order chi connectivity index (χ0) is 20.6. The van der Waals surface area contributed by atoms with Crippen LogP contribution in [-0.2, 0) is 9.59 Å². The van der Waals surface area contributed by atoms with Gasteiger partial charge in [0.25, 0.3) is 5.91 Å². The molecule has 7 heteroatoms. The van der Waals surface area contributed by atoms with E-state index in [0.717, 1.165) is 31.6 Å². The van der Waals surface area contributed by atoms with E-state index in [-0.39, 0.29) is 24.3 Å². The smallest absolute Gasteiger partial charge is 0.253 e. The first-order valence-electron chi connectivity index (χ1n) is 9.88. The molecule has 7 nitrogen and oxygen atoms in total. The second-order valence-corrected chi connectivity index (χ2v) is 6.96. The second kappa shape index (κ2) is 9.73. The quantitative estimate of drug-likeness (QED) is 0.672. The molecule has 0 bridgehead atoms. The maximum absolute atomic E-state index is 12.5. The van der Waals surface area contributed by atoms with Crippen LogP contribution in [0.15, 0.2) is 48.5 Å². The Morgan fingerprint density at radius 1 is 0.862 bits per heavy atom. The first-order chi connectivity index (χ1) is 14.0. The number of hydrogen-bond acceptors (Lipinski definition) is 4. The van der Waals surface area contributed by atoms with Crippen molar-refractivity contribution in [1.82, 2.24) is 4.90 Å². The van der Waals surface area contributed by atoms with Gasteiger partial charge < -0.3 is 20.9 Å². The molecule has 1 fully saturated rings. The van der Waals surface area contributed by atoms with Crippen LogP contribution in [0, 0.1) is 0 Å². The lowest BCUT2D eigenvalue weighted by Gasteiger charge is -2.16. The molecular weight excluding hydrogens is 368 g/mol. The molecule has 2 aromatic carbocycles. The standard InChI is InChI=1S/C22H26N4O3/c1-2-20(27)24-18-10-8-17(9-11-18)23-15-21(28)25-19-7-5-6-16(14-19)22(29)26-12-3-4-13-26/h5-11,14,23H,2-4,12-13,15H2,1H3,(H,24,27)(H,25,28). The van der Waals surface area contributed by atoms with Gasteiger partial charge >= 0.3 is 0 Å². The highest BCUT2D eigenvalue weighted by molar-refractivity contribution is 5.98. The molecule has 1 aliphatic rings. The number of hydrogen-bond donors (Lipinski definition) is 3. The molecule has 3 amide bonds. The van der Waals surface area contributed by atoms with E-state index < -0.39 is 0 Å². The van der Waals surface area contributed by atoms with Gasteiger partial charge in [-0.2, -0.15) is 0 Å². The van der Waals surface area contributed by atoms with Gasteiger partial charge in [-0.25, -0.2) is 0 Å². The predicted molar refractivity (Wildman–Crippen MR) is 114 cm³/mol. The minimum atomic E-state index is -0.209.